The second-order valence-corrected chi connectivity index (χ2v) is 21.0. The monoisotopic (exact) mass is 958 g/mol. The Bertz CT molecular complexity index is 1060. The van der Waals surface area contributed by atoms with Crippen LogP contribution in [0.1, 0.15) is 335 Å². The lowest BCUT2D eigenvalue weighted by Gasteiger charge is -2.22. The molecule has 0 aromatic carbocycles. The number of allylic oxidation sites excluding steroid dienone is 4. The summed E-state index contributed by atoms with van der Waals surface area (Å²) < 4.78 is 5.49. The van der Waals surface area contributed by atoms with E-state index in [1.54, 1.807) is 0 Å². The van der Waals surface area contributed by atoms with Gasteiger partial charge in [-0.3, -0.25) is 9.59 Å². The standard InChI is InChI=1S/C62H119NO5/c1-3-5-7-9-11-13-15-17-19-21-23-25-27-30-34-38-42-46-50-54-60(65)59(58-64)63-61(66)55-51-47-43-39-35-31-29-33-37-41-45-49-53-57-68-62(67)56-52-48-44-40-36-32-28-26-24-22-20-18-16-14-12-10-8-6-4-2/h12,14,18,20,59-60,64-65H,3-11,13,15-17,19,21-58H2,1-2H3,(H,63,66)/b14-12-,20-18-. The Kier molecular flexibility index (Phi) is 56.5. The van der Waals surface area contributed by atoms with E-state index < -0.39 is 12.1 Å². The number of aliphatic hydroxyl groups is 2. The van der Waals surface area contributed by atoms with Gasteiger partial charge in [-0.25, -0.2) is 0 Å². The number of hydrogen-bond donors (Lipinski definition) is 3. The maximum Gasteiger partial charge on any atom is 0.305 e. The predicted octanol–water partition coefficient (Wildman–Crippen LogP) is 19.0. The lowest BCUT2D eigenvalue weighted by atomic mass is 10.0. The van der Waals surface area contributed by atoms with Crippen molar-refractivity contribution in [3.8, 4) is 0 Å². The van der Waals surface area contributed by atoms with Gasteiger partial charge in [0.05, 0.1) is 25.4 Å². The number of aliphatic hydroxyl groups excluding tert-OH is 2. The quantitative estimate of drug-likeness (QED) is 0.0321. The van der Waals surface area contributed by atoms with E-state index in [-0.39, 0.29) is 18.5 Å². The maximum absolute atomic E-state index is 12.5. The van der Waals surface area contributed by atoms with Crippen LogP contribution in [0.15, 0.2) is 24.3 Å². The molecule has 0 fully saturated rings. The third kappa shape index (κ3) is 53.7. The number of carbonyl (C=O) groups excluding carboxylic acids is 2. The zero-order valence-corrected chi connectivity index (χ0v) is 45.9. The number of hydrogen-bond acceptors (Lipinski definition) is 5. The molecule has 2 unspecified atom stereocenters. The molecule has 6 heteroatoms. The SMILES string of the molecule is CCCCC/C=C\C/C=C\CCCCCCCCCCCC(=O)OCCCCCCCCCCCCCCCC(=O)NC(CO)C(O)CCCCCCCCCCCCCCCCCCCCC. The molecule has 2 atom stereocenters. The fourth-order valence-corrected chi connectivity index (χ4v) is 9.55. The number of amides is 1. The molecule has 0 saturated heterocycles. The van der Waals surface area contributed by atoms with Crippen LogP contribution in [-0.4, -0.2) is 47.4 Å². The first-order valence-corrected chi connectivity index (χ1v) is 30.6. The van der Waals surface area contributed by atoms with E-state index in [1.807, 2.05) is 0 Å². The van der Waals surface area contributed by atoms with Gasteiger partial charge >= 0.3 is 5.97 Å². The number of rotatable bonds is 57. The van der Waals surface area contributed by atoms with E-state index in [0.717, 1.165) is 57.8 Å². The summed E-state index contributed by atoms with van der Waals surface area (Å²) in [6.07, 6.45) is 70.3. The first-order chi connectivity index (χ1) is 33.5. The van der Waals surface area contributed by atoms with Crippen LogP contribution in [0.4, 0.5) is 0 Å². The van der Waals surface area contributed by atoms with Gasteiger partial charge in [-0.05, 0) is 57.8 Å². The van der Waals surface area contributed by atoms with Gasteiger partial charge in [0, 0.05) is 12.8 Å². The summed E-state index contributed by atoms with van der Waals surface area (Å²) in [6.45, 7) is 4.92. The van der Waals surface area contributed by atoms with Gasteiger partial charge < -0.3 is 20.3 Å². The number of carbonyl (C=O) groups is 2. The molecular weight excluding hydrogens is 839 g/mol. The molecule has 0 aromatic heterocycles. The number of nitrogens with one attached hydrogen (secondary N) is 1. The summed E-state index contributed by atoms with van der Waals surface area (Å²) >= 11 is 0. The Morgan fingerprint density at radius 1 is 0.412 bits per heavy atom. The summed E-state index contributed by atoms with van der Waals surface area (Å²) in [5.74, 6) is -0.0534. The largest absolute Gasteiger partial charge is 0.466 e. The van der Waals surface area contributed by atoms with Crippen LogP contribution >= 0.6 is 0 Å². The molecule has 0 rings (SSSR count). The molecule has 0 aliphatic heterocycles. The molecule has 0 bridgehead atoms. The molecule has 6 nitrogen and oxygen atoms in total. The zero-order chi connectivity index (χ0) is 49.3. The third-order valence-corrected chi connectivity index (χ3v) is 14.3. The number of ether oxygens (including phenoxy) is 1. The van der Waals surface area contributed by atoms with Crippen molar-refractivity contribution in [3.63, 3.8) is 0 Å². The van der Waals surface area contributed by atoms with Gasteiger partial charge in [-0.1, -0.05) is 289 Å². The first-order valence-electron chi connectivity index (χ1n) is 30.6. The lowest BCUT2D eigenvalue weighted by Crippen LogP contribution is -2.45. The highest BCUT2D eigenvalue weighted by Crippen LogP contribution is 2.18. The van der Waals surface area contributed by atoms with Crippen molar-refractivity contribution in [1.82, 2.24) is 5.32 Å². The Hall–Kier alpha value is -1.66. The van der Waals surface area contributed by atoms with Crippen LogP contribution in [0.25, 0.3) is 0 Å². The number of esters is 1. The minimum Gasteiger partial charge on any atom is -0.466 e. The molecule has 0 aliphatic carbocycles. The van der Waals surface area contributed by atoms with Gasteiger partial charge in [0.15, 0.2) is 0 Å². The molecule has 0 saturated carbocycles. The van der Waals surface area contributed by atoms with E-state index in [4.69, 9.17) is 4.74 Å². The van der Waals surface area contributed by atoms with Gasteiger partial charge in [-0.15, -0.1) is 0 Å². The van der Waals surface area contributed by atoms with Crippen LogP contribution in [0.3, 0.4) is 0 Å². The smallest absolute Gasteiger partial charge is 0.305 e. The fourth-order valence-electron chi connectivity index (χ4n) is 9.55. The van der Waals surface area contributed by atoms with E-state index >= 15 is 0 Å². The Morgan fingerprint density at radius 2 is 0.735 bits per heavy atom. The predicted molar refractivity (Wildman–Crippen MR) is 296 cm³/mol. The maximum atomic E-state index is 12.5. The molecule has 0 aliphatic rings. The average molecular weight is 959 g/mol. The van der Waals surface area contributed by atoms with E-state index in [0.29, 0.717) is 25.9 Å². The molecule has 0 radical (unpaired) electrons. The summed E-state index contributed by atoms with van der Waals surface area (Å²) in [7, 11) is 0. The molecule has 0 aromatic rings. The second kappa shape index (κ2) is 57.9. The Labute approximate surface area is 424 Å². The van der Waals surface area contributed by atoms with Gasteiger partial charge in [0.2, 0.25) is 5.91 Å². The molecule has 3 N–H and O–H groups in total. The van der Waals surface area contributed by atoms with E-state index in [2.05, 4.69) is 43.5 Å². The van der Waals surface area contributed by atoms with Crippen molar-refractivity contribution in [2.24, 2.45) is 0 Å². The minimum absolute atomic E-state index is 0.00832. The molecule has 0 spiro atoms. The van der Waals surface area contributed by atoms with E-state index in [1.165, 1.54) is 244 Å². The topological polar surface area (TPSA) is 95.9 Å². The molecule has 402 valence electrons. The van der Waals surface area contributed by atoms with Crippen LogP contribution in [0.5, 0.6) is 0 Å². The zero-order valence-electron chi connectivity index (χ0n) is 45.9. The molecule has 68 heavy (non-hydrogen) atoms. The van der Waals surface area contributed by atoms with Crippen molar-refractivity contribution in [2.75, 3.05) is 13.2 Å². The van der Waals surface area contributed by atoms with Crippen molar-refractivity contribution in [3.05, 3.63) is 24.3 Å². The fraction of sp³-hybridized carbons (Fsp3) is 0.903. The van der Waals surface area contributed by atoms with Crippen LogP contribution < -0.4 is 5.32 Å². The summed E-state index contributed by atoms with van der Waals surface area (Å²) in [6, 6.07) is -0.552. The highest BCUT2D eigenvalue weighted by molar-refractivity contribution is 5.76. The van der Waals surface area contributed by atoms with Gasteiger partial charge in [0.25, 0.3) is 0 Å². The third-order valence-electron chi connectivity index (χ3n) is 14.3. The Balaban J connectivity index is 3.43. The van der Waals surface area contributed by atoms with Crippen molar-refractivity contribution in [1.29, 1.82) is 0 Å². The highest BCUT2D eigenvalue weighted by atomic mass is 16.5. The van der Waals surface area contributed by atoms with Crippen molar-refractivity contribution >= 4 is 11.9 Å². The van der Waals surface area contributed by atoms with Crippen LogP contribution in [0, 0.1) is 0 Å². The summed E-state index contributed by atoms with van der Waals surface area (Å²) in [5.41, 5.74) is 0. The van der Waals surface area contributed by atoms with E-state index in [9.17, 15) is 19.8 Å². The average Bonchev–Trinajstić information content (AvgIpc) is 3.34. The summed E-state index contributed by atoms with van der Waals surface area (Å²) in [4.78, 5) is 24.6. The molecular formula is C62H119NO5. The first kappa shape index (κ1) is 66.3. The lowest BCUT2D eigenvalue weighted by molar-refractivity contribution is -0.143. The second-order valence-electron chi connectivity index (χ2n) is 21.0. The molecule has 0 heterocycles. The van der Waals surface area contributed by atoms with Crippen molar-refractivity contribution < 1.29 is 24.5 Å². The van der Waals surface area contributed by atoms with Crippen molar-refractivity contribution in [2.45, 2.75) is 347 Å². The van der Waals surface area contributed by atoms with Gasteiger partial charge in [-0.2, -0.15) is 0 Å². The minimum atomic E-state index is -0.674. The highest BCUT2D eigenvalue weighted by Gasteiger charge is 2.20. The van der Waals surface area contributed by atoms with Gasteiger partial charge in [0.1, 0.15) is 0 Å². The number of unbranched alkanes of at least 4 members (excludes halogenated alkanes) is 42. The molecule has 1 amide bonds. The van der Waals surface area contributed by atoms with Crippen LogP contribution in [-0.2, 0) is 14.3 Å². The Morgan fingerprint density at radius 3 is 1.15 bits per heavy atom. The van der Waals surface area contributed by atoms with Crippen LogP contribution in [0.2, 0.25) is 0 Å². The summed E-state index contributed by atoms with van der Waals surface area (Å²) in [5, 5.41) is 23.3. The normalized spacial score (nSPS) is 12.7.